The van der Waals surface area contributed by atoms with E-state index in [9.17, 15) is 17.2 Å². The van der Waals surface area contributed by atoms with E-state index in [1.165, 1.54) is 24.3 Å². The average molecular weight is 251 g/mol. The smallest absolute Gasteiger partial charge is 0.265 e. The predicted molar refractivity (Wildman–Crippen MR) is 53.6 cm³/mol. The number of benzene rings is 1. The molecule has 1 unspecified atom stereocenters. The highest BCUT2D eigenvalue weighted by Gasteiger charge is 2.20. The lowest BCUT2D eigenvalue weighted by Crippen LogP contribution is -2.35. The molecule has 90 valence electrons. The van der Waals surface area contributed by atoms with Gasteiger partial charge in [0.15, 0.2) is 0 Å². The third-order valence-corrected chi connectivity index (χ3v) is 3.27. The molecule has 1 aromatic carbocycles. The maximum atomic E-state index is 11.9. The normalized spacial score (nSPS) is 14.0. The molecule has 0 saturated carbocycles. The van der Waals surface area contributed by atoms with Gasteiger partial charge < -0.3 is 5.11 Å². The maximum absolute atomic E-state index is 11.9. The first kappa shape index (κ1) is 13.0. The van der Waals surface area contributed by atoms with E-state index in [1.54, 1.807) is 6.07 Å². The molecule has 1 aromatic rings. The number of aliphatic hydroxyl groups is 1. The number of nitrogens with one attached hydrogen (secondary N) is 1. The Morgan fingerprint density at radius 3 is 2.31 bits per heavy atom. The van der Waals surface area contributed by atoms with Crippen LogP contribution in [0.3, 0.4) is 0 Å². The second-order valence-corrected chi connectivity index (χ2v) is 4.83. The summed E-state index contributed by atoms with van der Waals surface area (Å²) in [5.74, 6) is 0. The van der Waals surface area contributed by atoms with Crippen LogP contribution in [-0.2, 0) is 10.0 Å². The summed E-state index contributed by atoms with van der Waals surface area (Å²) in [7, 11) is -3.83. The van der Waals surface area contributed by atoms with E-state index in [-0.39, 0.29) is 4.90 Å². The van der Waals surface area contributed by atoms with Gasteiger partial charge in [0.2, 0.25) is 10.0 Å². The van der Waals surface area contributed by atoms with Gasteiger partial charge in [0.05, 0.1) is 4.90 Å². The van der Waals surface area contributed by atoms with Crippen molar-refractivity contribution in [2.75, 3.05) is 6.54 Å². The minimum absolute atomic E-state index is 0.0310. The van der Waals surface area contributed by atoms with Crippen LogP contribution in [0, 0.1) is 0 Å². The van der Waals surface area contributed by atoms with E-state index in [1.807, 2.05) is 4.72 Å². The number of aliphatic hydroxyl groups excluding tert-OH is 1. The predicted octanol–water partition coefficient (Wildman–Crippen LogP) is 0.591. The first-order valence-electron chi connectivity index (χ1n) is 4.44. The number of hydrogen-bond donors (Lipinski definition) is 2. The summed E-state index contributed by atoms with van der Waals surface area (Å²) in [6, 6.07) is 7.32. The van der Waals surface area contributed by atoms with Gasteiger partial charge >= 0.3 is 0 Å². The molecule has 0 spiro atoms. The molecule has 0 fully saturated rings. The molecule has 16 heavy (non-hydrogen) atoms. The Labute approximate surface area is 92.0 Å². The van der Waals surface area contributed by atoms with Crippen molar-refractivity contribution in [2.45, 2.75) is 17.4 Å². The van der Waals surface area contributed by atoms with E-state index in [0.717, 1.165) is 0 Å². The van der Waals surface area contributed by atoms with Crippen molar-refractivity contribution < 1.29 is 22.3 Å². The molecule has 1 atom stereocenters. The summed E-state index contributed by atoms with van der Waals surface area (Å²) in [4.78, 5) is -0.0310. The third kappa shape index (κ3) is 3.51. The van der Waals surface area contributed by atoms with Gasteiger partial charge in [0, 0.05) is 6.54 Å². The fourth-order valence-electron chi connectivity index (χ4n) is 0.967. The zero-order valence-electron chi connectivity index (χ0n) is 8.18. The monoisotopic (exact) mass is 251 g/mol. The van der Waals surface area contributed by atoms with E-state index in [4.69, 9.17) is 5.11 Å². The molecule has 4 nitrogen and oxygen atoms in total. The summed E-state index contributed by atoms with van der Waals surface area (Å²) in [5.41, 5.74) is 0. The SMILES string of the molecule is O=S(=O)(NCC(O)C(F)F)c1ccccc1. The van der Waals surface area contributed by atoms with Crippen LogP contribution in [0.1, 0.15) is 0 Å². The molecule has 0 radical (unpaired) electrons. The number of alkyl halides is 2. The van der Waals surface area contributed by atoms with Crippen LogP contribution in [0.25, 0.3) is 0 Å². The van der Waals surface area contributed by atoms with Crippen LogP contribution in [-0.4, -0.2) is 32.6 Å². The summed E-state index contributed by atoms with van der Waals surface area (Å²) >= 11 is 0. The first-order valence-corrected chi connectivity index (χ1v) is 5.93. The van der Waals surface area contributed by atoms with E-state index in [0.29, 0.717) is 0 Å². The largest absolute Gasteiger partial charge is 0.386 e. The van der Waals surface area contributed by atoms with Gasteiger partial charge in [-0.3, -0.25) is 0 Å². The van der Waals surface area contributed by atoms with Crippen LogP contribution in [0.15, 0.2) is 35.2 Å². The summed E-state index contributed by atoms with van der Waals surface area (Å²) in [6.45, 7) is -0.713. The Balaban J connectivity index is 2.67. The Bertz CT molecular complexity index is 422. The third-order valence-electron chi connectivity index (χ3n) is 1.83. The molecule has 0 aliphatic rings. The van der Waals surface area contributed by atoms with Gasteiger partial charge in [0.25, 0.3) is 6.43 Å². The van der Waals surface area contributed by atoms with E-state index in [2.05, 4.69) is 0 Å². The molecular formula is C9H11F2NO3S. The lowest BCUT2D eigenvalue weighted by atomic mass is 10.4. The van der Waals surface area contributed by atoms with Crippen molar-refractivity contribution >= 4 is 10.0 Å². The van der Waals surface area contributed by atoms with Crippen LogP contribution in [0.2, 0.25) is 0 Å². The lowest BCUT2D eigenvalue weighted by molar-refractivity contribution is -0.000451. The second kappa shape index (κ2) is 5.33. The van der Waals surface area contributed by atoms with Crippen molar-refractivity contribution in [1.29, 1.82) is 0 Å². The topological polar surface area (TPSA) is 66.4 Å². The molecule has 2 N–H and O–H groups in total. The Morgan fingerprint density at radius 1 is 1.25 bits per heavy atom. The lowest BCUT2D eigenvalue weighted by Gasteiger charge is -2.11. The number of rotatable bonds is 5. The van der Waals surface area contributed by atoms with E-state index < -0.39 is 29.1 Å². The molecule has 0 aliphatic carbocycles. The Kier molecular flexibility index (Phi) is 4.34. The van der Waals surface area contributed by atoms with Crippen LogP contribution in [0.5, 0.6) is 0 Å². The highest BCUT2D eigenvalue weighted by Crippen LogP contribution is 2.07. The molecule has 0 bridgehead atoms. The number of halogens is 2. The molecule has 0 amide bonds. The van der Waals surface area contributed by atoms with Crippen molar-refractivity contribution in [1.82, 2.24) is 4.72 Å². The molecule has 0 saturated heterocycles. The maximum Gasteiger partial charge on any atom is 0.265 e. The second-order valence-electron chi connectivity index (χ2n) is 3.07. The van der Waals surface area contributed by atoms with Crippen molar-refractivity contribution in [2.24, 2.45) is 0 Å². The van der Waals surface area contributed by atoms with Crippen LogP contribution < -0.4 is 4.72 Å². The van der Waals surface area contributed by atoms with Gasteiger partial charge in [0.1, 0.15) is 6.10 Å². The highest BCUT2D eigenvalue weighted by atomic mass is 32.2. The fraction of sp³-hybridized carbons (Fsp3) is 0.333. The molecule has 0 aliphatic heterocycles. The van der Waals surface area contributed by atoms with Gasteiger partial charge in [-0.1, -0.05) is 18.2 Å². The summed E-state index contributed by atoms with van der Waals surface area (Å²) in [5, 5.41) is 8.76. The highest BCUT2D eigenvalue weighted by molar-refractivity contribution is 7.89. The van der Waals surface area contributed by atoms with Crippen molar-refractivity contribution in [3.63, 3.8) is 0 Å². The van der Waals surface area contributed by atoms with Gasteiger partial charge in [-0.15, -0.1) is 0 Å². The standard InChI is InChI=1S/C9H11F2NO3S/c10-9(11)8(13)6-12-16(14,15)7-4-2-1-3-5-7/h1-5,8-9,12-13H,6H2. The van der Waals surface area contributed by atoms with Crippen molar-refractivity contribution in [3.05, 3.63) is 30.3 Å². The molecular weight excluding hydrogens is 240 g/mol. The summed E-state index contributed by atoms with van der Waals surface area (Å²) < 4.78 is 48.7. The average Bonchev–Trinajstić information content (AvgIpc) is 2.27. The van der Waals surface area contributed by atoms with Crippen molar-refractivity contribution in [3.8, 4) is 0 Å². The minimum Gasteiger partial charge on any atom is -0.386 e. The number of hydrogen-bond acceptors (Lipinski definition) is 3. The summed E-state index contributed by atoms with van der Waals surface area (Å²) in [6.07, 6.45) is -4.98. The van der Waals surface area contributed by atoms with Gasteiger partial charge in [-0.25, -0.2) is 21.9 Å². The van der Waals surface area contributed by atoms with Crippen LogP contribution >= 0.6 is 0 Å². The molecule has 1 rings (SSSR count). The van der Waals surface area contributed by atoms with E-state index >= 15 is 0 Å². The minimum atomic E-state index is -3.83. The van der Waals surface area contributed by atoms with Gasteiger partial charge in [-0.05, 0) is 12.1 Å². The molecule has 0 aromatic heterocycles. The quantitative estimate of drug-likeness (QED) is 0.805. The Morgan fingerprint density at radius 2 is 1.81 bits per heavy atom. The molecule has 0 heterocycles. The first-order chi connectivity index (χ1) is 7.43. The number of sulfonamides is 1. The zero-order valence-corrected chi connectivity index (χ0v) is 8.99. The molecule has 7 heteroatoms. The van der Waals surface area contributed by atoms with Gasteiger partial charge in [-0.2, -0.15) is 0 Å². The fourth-order valence-corrected chi connectivity index (χ4v) is 2.04. The van der Waals surface area contributed by atoms with Crippen LogP contribution in [0.4, 0.5) is 8.78 Å². The zero-order chi connectivity index (χ0) is 12.2. The Hall–Kier alpha value is -1.05.